The molecule has 0 spiro atoms. The number of nitrogens with zero attached hydrogens (tertiary/aromatic N) is 3. The number of hydrogen-bond acceptors (Lipinski definition) is 6. The summed E-state index contributed by atoms with van der Waals surface area (Å²) in [5.74, 6) is 0.505. The maximum absolute atomic E-state index is 12.5. The van der Waals surface area contributed by atoms with Gasteiger partial charge in [0.1, 0.15) is 10.8 Å². The Kier molecular flexibility index (Phi) is 5.47. The number of carbonyl (C=O) groups excluding carboxylic acids is 2. The largest absolute Gasteiger partial charge is 0.467 e. The van der Waals surface area contributed by atoms with E-state index in [1.807, 2.05) is 6.07 Å². The molecule has 1 fully saturated rings. The molecule has 1 N–H and O–H groups in total. The van der Waals surface area contributed by atoms with Crippen LogP contribution in [0.5, 0.6) is 0 Å². The highest BCUT2D eigenvalue weighted by atomic mass is 32.1. The number of amides is 2. The second-order valence-electron chi connectivity index (χ2n) is 6.20. The third-order valence-corrected chi connectivity index (χ3v) is 5.52. The van der Waals surface area contributed by atoms with Crippen LogP contribution in [0.1, 0.15) is 49.8 Å². The van der Waals surface area contributed by atoms with E-state index in [1.165, 1.54) is 11.3 Å². The molecule has 1 atom stereocenters. The first kappa shape index (κ1) is 17.6. The second-order valence-corrected chi connectivity index (χ2v) is 7.21. The third-order valence-electron chi connectivity index (χ3n) is 4.52. The molecule has 1 unspecified atom stereocenters. The normalized spacial score (nSPS) is 17.5. The smallest absolute Gasteiger partial charge is 0.231 e. The lowest BCUT2D eigenvalue weighted by molar-refractivity contribution is -0.128. The summed E-state index contributed by atoms with van der Waals surface area (Å²) in [5, 5.41) is 12.5. The number of anilines is 1. The van der Waals surface area contributed by atoms with Gasteiger partial charge in [-0.25, -0.2) is 0 Å². The molecule has 2 aromatic heterocycles. The number of nitrogens with one attached hydrogen (secondary N) is 1. The fraction of sp³-hybridized carbons (Fsp3) is 0.529. The molecule has 0 aromatic carbocycles. The molecular weight excluding hydrogens is 340 g/mol. The first-order valence-corrected chi connectivity index (χ1v) is 9.36. The van der Waals surface area contributed by atoms with Gasteiger partial charge in [0, 0.05) is 18.9 Å². The van der Waals surface area contributed by atoms with E-state index in [2.05, 4.69) is 29.4 Å². The molecule has 1 aliphatic heterocycles. The van der Waals surface area contributed by atoms with Crippen molar-refractivity contribution >= 4 is 28.3 Å². The van der Waals surface area contributed by atoms with Crippen molar-refractivity contribution in [3.05, 3.63) is 29.2 Å². The van der Waals surface area contributed by atoms with Gasteiger partial charge in [0.05, 0.1) is 18.7 Å². The molecule has 2 aromatic rings. The first-order chi connectivity index (χ1) is 12.1. The first-order valence-electron chi connectivity index (χ1n) is 8.55. The van der Waals surface area contributed by atoms with Gasteiger partial charge >= 0.3 is 0 Å². The fourth-order valence-corrected chi connectivity index (χ4v) is 4.00. The van der Waals surface area contributed by atoms with Crippen LogP contribution >= 0.6 is 11.3 Å². The molecule has 134 valence electrons. The number of furan rings is 1. The van der Waals surface area contributed by atoms with Crippen LogP contribution in [-0.4, -0.2) is 33.5 Å². The van der Waals surface area contributed by atoms with Crippen molar-refractivity contribution in [1.82, 2.24) is 15.1 Å². The molecule has 0 bridgehead atoms. The van der Waals surface area contributed by atoms with E-state index >= 15 is 0 Å². The molecule has 1 saturated heterocycles. The lowest BCUT2D eigenvalue weighted by Crippen LogP contribution is -2.27. The van der Waals surface area contributed by atoms with Crippen molar-refractivity contribution in [3.8, 4) is 0 Å². The summed E-state index contributed by atoms with van der Waals surface area (Å²) >= 11 is 1.41. The average molecular weight is 362 g/mol. The number of rotatable bonds is 7. The summed E-state index contributed by atoms with van der Waals surface area (Å²) in [6.45, 7) is 5.02. The minimum atomic E-state index is -0.372. The zero-order valence-electron chi connectivity index (χ0n) is 14.4. The molecular formula is C17H22N4O3S. The van der Waals surface area contributed by atoms with Gasteiger partial charge in [-0.1, -0.05) is 25.2 Å². The van der Waals surface area contributed by atoms with Crippen LogP contribution in [0.15, 0.2) is 22.8 Å². The van der Waals surface area contributed by atoms with E-state index in [1.54, 1.807) is 17.2 Å². The van der Waals surface area contributed by atoms with Crippen LogP contribution < -0.4 is 5.32 Å². The summed E-state index contributed by atoms with van der Waals surface area (Å²) in [6, 6.07) is 3.61. The number of aromatic nitrogens is 2. The Morgan fingerprint density at radius 2 is 2.24 bits per heavy atom. The van der Waals surface area contributed by atoms with Crippen molar-refractivity contribution in [2.45, 2.75) is 45.6 Å². The SMILES string of the molecule is CCC(CC)c1nnc(NC(=O)C2CC(=O)N(Cc3ccco3)C2)s1. The lowest BCUT2D eigenvalue weighted by atomic mass is 10.1. The fourth-order valence-electron chi connectivity index (χ4n) is 2.99. The highest BCUT2D eigenvalue weighted by Gasteiger charge is 2.35. The van der Waals surface area contributed by atoms with Crippen molar-refractivity contribution in [2.75, 3.05) is 11.9 Å². The van der Waals surface area contributed by atoms with E-state index < -0.39 is 0 Å². The summed E-state index contributed by atoms with van der Waals surface area (Å²) in [6.07, 6.45) is 3.79. The van der Waals surface area contributed by atoms with E-state index in [9.17, 15) is 9.59 Å². The molecule has 2 amide bonds. The maximum Gasteiger partial charge on any atom is 0.231 e. The van der Waals surface area contributed by atoms with E-state index in [0.29, 0.717) is 29.9 Å². The third kappa shape index (κ3) is 4.07. The van der Waals surface area contributed by atoms with Gasteiger partial charge in [-0.3, -0.25) is 9.59 Å². The Balaban J connectivity index is 1.58. The summed E-state index contributed by atoms with van der Waals surface area (Å²) in [5.41, 5.74) is 0. The van der Waals surface area contributed by atoms with Crippen LogP contribution in [0.25, 0.3) is 0 Å². The minimum Gasteiger partial charge on any atom is -0.467 e. The van der Waals surface area contributed by atoms with Crippen molar-refractivity contribution in [3.63, 3.8) is 0 Å². The predicted octanol–water partition coefficient (Wildman–Crippen LogP) is 3.02. The van der Waals surface area contributed by atoms with Gasteiger partial charge < -0.3 is 14.6 Å². The zero-order valence-corrected chi connectivity index (χ0v) is 15.2. The minimum absolute atomic E-state index is 0.0356. The Labute approximate surface area is 150 Å². The van der Waals surface area contributed by atoms with Crippen LogP contribution in [0.3, 0.4) is 0 Å². The lowest BCUT2D eigenvalue weighted by Gasteiger charge is -2.14. The van der Waals surface area contributed by atoms with E-state index in [-0.39, 0.29) is 24.2 Å². The van der Waals surface area contributed by atoms with Crippen LogP contribution in [0, 0.1) is 5.92 Å². The van der Waals surface area contributed by atoms with Crippen molar-refractivity contribution in [1.29, 1.82) is 0 Å². The molecule has 3 rings (SSSR count). The Morgan fingerprint density at radius 3 is 2.92 bits per heavy atom. The van der Waals surface area contributed by atoms with Gasteiger partial charge in [-0.15, -0.1) is 10.2 Å². The van der Waals surface area contributed by atoms with Crippen molar-refractivity contribution in [2.24, 2.45) is 5.92 Å². The Bertz CT molecular complexity index is 724. The molecule has 8 heteroatoms. The predicted molar refractivity (Wildman–Crippen MR) is 94.1 cm³/mol. The van der Waals surface area contributed by atoms with Gasteiger partial charge in [-0.2, -0.15) is 0 Å². The highest BCUT2D eigenvalue weighted by Crippen LogP contribution is 2.29. The molecule has 3 heterocycles. The quantitative estimate of drug-likeness (QED) is 0.818. The van der Waals surface area contributed by atoms with Gasteiger partial charge in [0.2, 0.25) is 16.9 Å². The summed E-state index contributed by atoms with van der Waals surface area (Å²) < 4.78 is 5.27. The monoisotopic (exact) mass is 362 g/mol. The van der Waals surface area contributed by atoms with Crippen molar-refractivity contribution < 1.29 is 14.0 Å². The molecule has 0 radical (unpaired) electrons. The Morgan fingerprint density at radius 1 is 1.44 bits per heavy atom. The molecule has 0 aliphatic carbocycles. The van der Waals surface area contributed by atoms with Crippen LogP contribution in [0.2, 0.25) is 0 Å². The maximum atomic E-state index is 12.5. The number of carbonyl (C=O) groups is 2. The van der Waals surface area contributed by atoms with Gasteiger partial charge in [0.25, 0.3) is 0 Å². The average Bonchev–Trinajstić information content (AvgIpc) is 3.32. The standard InChI is InChI=1S/C17H22N4O3S/c1-3-11(4-2)16-19-20-17(25-16)18-15(23)12-8-14(22)21(9-12)10-13-6-5-7-24-13/h5-7,11-12H,3-4,8-10H2,1-2H3,(H,18,20,23). The van der Waals surface area contributed by atoms with E-state index in [4.69, 9.17) is 4.42 Å². The van der Waals surface area contributed by atoms with Crippen LogP contribution in [0.4, 0.5) is 5.13 Å². The van der Waals surface area contributed by atoms with Gasteiger partial charge in [-0.05, 0) is 25.0 Å². The number of likely N-dealkylation sites (tertiary alicyclic amines) is 1. The molecule has 1 aliphatic rings. The Hall–Kier alpha value is -2.22. The summed E-state index contributed by atoms with van der Waals surface area (Å²) in [4.78, 5) is 26.2. The number of hydrogen-bond donors (Lipinski definition) is 1. The topological polar surface area (TPSA) is 88.3 Å². The van der Waals surface area contributed by atoms with E-state index in [0.717, 1.165) is 17.8 Å². The van der Waals surface area contributed by atoms with Gasteiger partial charge in [0.15, 0.2) is 0 Å². The molecule has 25 heavy (non-hydrogen) atoms. The van der Waals surface area contributed by atoms with Crippen LogP contribution in [-0.2, 0) is 16.1 Å². The second kappa shape index (κ2) is 7.77. The summed E-state index contributed by atoms with van der Waals surface area (Å²) in [7, 11) is 0. The molecule has 7 nitrogen and oxygen atoms in total. The molecule has 0 saturated carbocycles. The highest BCUT2D eigenvalue weighted by molar-refractivity contribution is 7.15. The zero-order chi connectivity index (χ0) is 17.8.